The van der Waals surface area contributed by atoms with Crippen molar-refractivity contribution in [3.8, 4) is 0 Å². The van der Waals surface area contributed by atoms with Gasteiger partial charge in [0.1, 0.15) is 11.8 Å². The summed E-state index contributed by atoms with van der Waals surface area (Å²) in [5.74, 6) is 0.774. The molecule has 41 heavy (non-hydrogen) atoms. The van der Waals surface area contributed by atoms with Crippen LogP contribution in [0.5, 0.6) is 0 Å². The molecule has 12 heteroatoms. The van der Waals surface area contributed by atoms with Gasteiger partial charge in [-0.3, -0.25) is 10.1 Å². The maximum atomic E-state index is 12.1. The first kappa shape index (κ1) is 29.9. The number of nitro groups is 1. The number of anilines is 3. The standard InChI is InChI=1S/C29H37N7O4S/c1-29(2,3)40-28(37)34-21-14-12-19(13-15-21)16-31-26-23(36(38)39)18-33-27(35-26)32-17-20-8-4-6-10-24(20)41-25-11-7-5-9-22(25)30/h4-11,18-19,21H,12-17,30H2,1-3H3,(H,34,37)(H2,31,32,33,35)/t19-,21-. The predicted molar refractivity (Wildman–Crippen MR) is 161 cm³/mol. The summed E-state index contributed by atoms with van der Waals surface area (Å²) in [5, 5.41) is 21.0. The van der Waals surface area contributed by atoms with Crippen molar-refractivity contribution in [2.45, 2.75) is 74.4 Å². The molecule has 0 aliphatic heterocycles. The number of hydrogen-bond acceptors (Lipinski definition) is 10. The van der Waals surface area contributed by atoms with Crippen LogP contribution >= 0.6 is 11.8 Å². The zero-order valence-corrected chi connectivity index (χ0v) is 24.4. The first-order valence-electron chi connectivity index (χ1n) is 13.7. The van der Waals surface area contributed by atoms with Gasteiger partial charge >= 0.3 is 11.8 Å². The van der Waals surface area contributed by atoms with E-state index in [0.29, 0.717) is 30.6 Å². The summed E-state index contributed by atoms with van der Waals surface area (Å²) < 4.78 is 5.35. The van der Waals surface area contributed by atoms with E-state index in [-0.39, 0.29) is 17.5 Å². The highest BCUT2D eigenvalue weighted by molar-refractivity contribution is 7.99. The van der Waals surface area contributed by atoms with Crippen LogP contribution in [0.15, 0.2) is 64.5 Å². The van der Waals surface area contributed by atoms with Gasteiger partial charge in [0.25, 0.3) is 0 Å². The molecule has 0 unspecified atom stereocenters. The van der Waals surface area contributed by atoms with Crippen LogP contribution in [0.25, 0.3) is 0 Å². The smallest absolute Gasteiger partial charge is 0.407 e. The largest absolute Gasteiger partial charge is 0.444 e. The maximum Gasteiger partial charge on any atom is 0.407 e. The summed E-state index contributed by atoms with van der Waals surface area (Å²) in [6, 6.07) is 15.7. The molecule has 0 bridgehead atoms. The van der Waals surface area contributed by atoms with E-state index in [1.807, 2.05) is 69.3 Å². The van der Waals surface area contributed by atoms with Crippen molar-refractivity contribution >= 4 is 41.0 Å². The Labute approximate surface area is 244 Å². The molecular weight excluding hydrogens is 542 g/mol. The van der Waals surface area contributed by atoms with Gasteiger partial charge in [-0.05, 0) is 76.1 Å². The second kappa shape index (κ2) is 13.5. The molecule has 0 spiro atoms. The number of carbonyl (C=O) groups is 1. The van der Waals surface area contributed by atoms with Crippen molar-refractivity contribution in [2.24, 2.45) is 5.92 Å². The molecule has 4 rings (SSSR count). The van der Waals surface area contributed by atoms with Crippen LogP contribution in [-0.2, 0) is 11.3 Å². The molecule has 1 heterocycles. The van der Waals surface area contributed by atoms with E-state index in [1.165, 1.54) is 6.20 Å². The number of rotatable bonds is 10. The normalized spacial score (nSPS) is 17.0. The Morgan fingerprint density at radius 3 is 2.44 bits per heavy atom. The summed E-state index contributed by atoms with van der Waals surface area (Å²) in [6.07, 6.45) is 4.20. The molecule has 1 aliphatic rings. The van der Waals surface area contributed by atoms with E-state index in [1.54, 1.807) is 11.8 Å². The zero-order valence-electron chi connectivity index (χ0n) is 23.6. The number of nitrogens with two attached hydrogens (primary N) is 1. The van der Waals surface area contributed by atoms with Crippen LogP contribution in [0.1, 0.15) is 52.0 Å². The molecule has 218 valence electrons. The Hall–Kier alpha value is -4.06. The number of aromatic nitrogens is 2. The highest BCUT2D eigenvalue weighted by Crippen LogP contribution is 2.34. The molecule has 1 saturated carbocycles. The molecule has 2 aromatic carbocycles. The fraction of sp³-hybridized carbons (Fsp3) is 0.414. The van der Waals surface area contributed by atoms with Gasteiger partial charge in [-0.25, -0.2) is 9.78 Å². The average molecular weight is 580 g/mol. The third kappa shape index (κ3) is 8.97. The van der Waals surface area contributed by atoms with Gasteiger partial charge in [-0.1, -0.05) is 42.1 Å². The Kier molecular flexibility index (Phi) is 9.87. The highest BCUT2D eigenvalue weighted by atomic mass is 32.2. The van der Waals surface area contributed by atoms with Crippen LogP contribution < -0.4 is 21.7 Å². The van der Waals surface area contributed by atoms with Crippen molar-refractivity contribution in [1.82, 2.24) is 15.3 Å². The molecular formula is C29H37N7O4S. The number of carbonyl (C=O) groups excluding carboxylic acids is 1. The summed E-state index contributed by atoms with van der Waals surface area (Å²) >= 11 is 1.58. The lowest BCUT2D eigenvalue weighted by atomic mass is 9.86. The number of para-hydroxylation sites is 1. The molecule has 1 fully saturated rings. The minimum atomic E-state index is -0.537. The van der Waals surface area contributed by atoms with Crippen LogP contribution in [0.4, 0.5) is 27.9 Å². The van der Waals surface area contributed by atoms with Crippen LogP contribution in [0.2, 0.25) is 0 Å². The lowest BCUT2D eigenvalue weighted by Gasteiger charge is -2.30. The second-order valence-corrected chi connectivity index (χ2v) is 12.1. The number of ether oxygens (including phenoxy) is 1. The van der Waals surface area contributed by atoms with E-state index in [0.717, 1.165) is 41.0 Å². The Morgan fingerprint density at radius 2 is 1.76 bits per heavy atom. The van der Waals surface area contributed by atoms with E-state index in [2.05, 4.69) is 25.9 Å². The van der Waals surface area contributed by atoms with Gasteiger partial charge in [0, 0.05) is 34.6 Å². The Morgan fingerprint density at radius 1 is 1.07 bits per heavy atom. The van der Waals surface area contributed by atoms with E-state index in [9.17, 15) is 14.9 Å². The lowest BCUT2D eigenvalue weighted by Crippen LogP contribution is -2.41. The number of benzene rings is 2. The third-order valence-electron chi connectivity index (χ3n) is 6.64. The molecule has 5 N–H and O–H groups in total. The van der Waals surface area contributed by atoms with Gasteiger partial charge in [0.2, 0.25) is 11.8 Å². The fourth-order valence-electron chi connectivity index (χ4n) is 4.57. The summed E-state index contributed by atoms with van der Waals surface area (Å²) in [7, 11) is 0. The topological polar surface area (TPSA) is 157 Å². The third-order valence-corrected chi connectivity index (χ3v) is 7.85. The van der Waals surface area contributed by atoms with Crippen molar-refractivity contribution in [1.29, 1.82) is 0 Å². The molecule has 11 nitrogen and oxygen atoms in total. The zero-order chi connectivity index (χ0) is 29.4. The first-order valence-corrected chi connectivity index (χ1v) is 14.5. The highest BCUT2D eigenvalue weighted by Gasteiger charge is 2.26. The Balaban J connectivity index is 1.34. The Bertz CT molecular complexity index is 1360. The molecule has 0 atom stereocenters. The fourth-order valence-corrected chi connectivity index (χ4v) is 5.55. The maximum absolute atomic E-state index is 12.1. The molecule has 1 aliphatic carbocycles. The second-order valence-electron chi connectivity index (χ2n) is 11.0. The number of nitrogens with zero attached hydrogens (tertiary/aromatic N) is 3. The quantitative estimate of drug-likeness (QED) is 0.123. The van der Waals surface area contributed by atoms with Crippen molar-refractivity contribution in [2.75, 3.05) is 22.9 Å². The predicted octanol–water partition coefficient (Wildman–Crippen LogP) is 6.23. The van der Waals surface area contributed by atoms with Gasteiger partial charge in [-0.2, -0.15) is 4.98 Å². The lowest BCUT2D eigenvalue weighted by molar-refractivity contribution is -0.384. The summed E-state index contributed by atoms with van der Waals surface area (Å²) in [5.41, 5.74) is 7.15. The molecule has 1 aromatic heterocycles. The molecule has 0 radical (unpaired) electrons. The molecule has 3 aromatic rings. The molecule has 1 amide bonds. The number of hydrogen-bond donors (Lipinski definition) is 4. The summed E-state index contributed by atoms with van der Waals surface area (Å²) in [4.78, 5) is 33.9. The van der Waals surface area contributed by atoms with Gasteiger partial charge < -0.3 is 26.4 Å². The van der Waals surface area contributed by atoms with E-state index >= 15 is 0 Å². The van der Waals surface area contributed by atoms with Gasteiger partial charge in [0.05, 0.1) is 4.92 Å². The number of amides is 1. The van der Waals surface area contributed by atoms with Gasteiger partial charge in [-0.15, -0.1) is 0 Å². The van der Waals surface area contributed by atoms with E-state index in [4.69, 9.17) is 10.5 Å². The SMILES string of the molecule is CC(C)(C)OC(=O)N[C@H]1CC[C@H](CNc2nc(NCc3ccccc3Sc3ccccc3N)ncc2[N+](=O)[O-])CC1. The monoisotopic (exact) mass is 579 g/mol. The molecule has 0 saturated heterocycles. The number of nitrogens with one attached hydrogen (secondary N) is 3. The number of nitrogen functional groups attached to an aromatic ring is 1. The van der Waals surface area contributed by atoms with Gasteiger partial charge in [0.15, 0.2) is 0 Å². The van der Waals surface area contributed by atoms with Crippen LogP contribution in [0.3, 0.4) is 0 Å². The number of alkyl carbamates (subject to hydrolysis) is 1. The van der Waals surface area contributed by atoms with Crippen molar-refractivity contribution < 1.29 is 14.5 Å². The van der Waals surface area contributed by atoms with Crippen molar-refractivity contribution in [3.05, 3.63) is 70.4 Å². The van der Waals surface area contributed by atoms with Crippen LogP contribution in [0, 0.1) is 16.0 Å². The average Bonchev–Trinajstić information content (AvgIpc) is 2.92. The minimum absolute atomic E-state index is 0.0599. The first-order chi connectivity index (χ1) is 19.6. The van der Waals surface area contributed by atoms with Crippen molar-refractivity contribution in [3.63, 3.8) is 0 Å². The summed E-state index contributed by atoms with van der Waals surface area (Å²) in [6.45, 7) is 6.48. The minimum Gasteiger partial charge on any atom is -0.444 e. The van der Waals surface area contributed by atoms with E-state index < -0.39 is 16.6 Å². The van der Waals surface area contributed by atoms with Crippen LogP contribution in [-0.4, -0.2) is 39.2 Å².